The molecule has 0 bridgehead atoms. The maximum Gasteiger partial charge on any atom is 0.341 e. The van der Waals surface area contributed by atoms with Crippen LogP contribution in [0.2, 0.25) is 0 Å². The minimum Gasteiger partial charge on any atom is -0.490 e. The average Bonchev–Trinajstić information content (AvgIpc) is 3.16. The highest BCUT2D eigenvalue weighted by atomic mass is 32.1. The van der Waals surface area contributed by atoms with Gasteiger partial charge in [-0.05, 0) is 59.2 Å². The van der Waals surface area contributed by atoms with Gasteiger partial charge in [0.1, 0.15) is 5.00 Å². The van der Waals surface area contributed by atoms with E-state index in [2.05, 4.69) is 5.32 Å². The van der Waals surface area contributed by atoms with Gasteiger partial charge in [0.15, 0.2) is 11.5 Å². The predicted molar refractivity (Wildman–Crippen MR) is 136 cm³/mol. The summed E-state index contributed by atoms with van der Waals surface area (Å²) in [5.74, 6) is -0.173. The van der Waals surface area contributed by atoms with E-state index in [0.29, 0.717) is 60.6 Å². The van der Waals surface area contributed by atoms with Crippen LogP contribution in [0, 0.1) is 6.92 Å². The summed E-state index contributed by atoms with van der Waals surface area (Å²) >= 11 is 1.05. The molecule has 0 saturated carbocycles. The molecule has 0 radical (unpaired) electrons. The predicted octanol–water partition coefficient (Wildman–Crippen LogP) is 4.77. The van der Waals surface area contributed by atoms with Crippen LogP contribution in [0.3, 0.4) is 0 Å². The Kier molecular flexibility index (Phi) is 10.4. The average molecular weight is 507 g/mol. The van der Waals surface area contributed by atoms with Gasteiger partial charge in [-0.15, -0.1) is 11.3 Å². The van der Waals surface area contributed by atoms with E-state index in [1.807, 2.05) is 34.6 Å². The first-order chi connectivity index (χ1) is 16.8. The molecule has 1 aromatic carbocycles. The van der Waals surface area contributed by atoms with Gasteiger partial charge in [-0.1, -0.05) is 0 Å². The van der Waals surface area contributed by atoms with Crippen LogP contribution in [-0.2, 0) is 4.74 Å². The van der Waals surface area contributed by atoms with Crippen LogP contribution in [0.5, 0.6) is 17.2 Å². The summed E-state index contributed by atoms with van der Waals surface area (Å²) in [4.78, 5) is 40.9. The molecule has 0 spiro atoms. The molecule has 2 rings (SSSR count). The van der Waals surface area contributed by atoms with Crippen LogP contribution in [0.15, 0.2) is 12.1 Å². The lowest BCUT2D eigenvalue weighted by Gasteiger charge is -2.18. The van der Waals surface area contributed by atoms with E-state index in [0.717, 1.165) is 11.3 Å². The molecule has 1 heterocycles. The Balaban J connectivity index is 2.54. The fraction of sp³-hybridized carbons (Fsp3) is 0.480. The molecule has 1 N–H and O–H groups in total. The Morgan fingerprint density at radius 2 is 1.46 bits per heavy atom. The van der Waals surface area contributed by atoms with E-state index >= 15 is 0 Å². The quantitative estimate of drug-likeness (QED) is 0.414. The summed E-state index contributed by atoms with van der Waals surface area (Å²) < 4.78 is 22.0. The van der Waals surface area contributed by atoms with Crippen LogP contribution in [0.25, 0.3) is 0 Å². The zero-order chi connectivity index (χ0) is 26.1. The second kappa shape index (κ2) is 13.0. The molecule has 0 fully saturated rings. The third-order valence-electron chi connectivity index (χ3n) is 5.18. The molecule has 0 saturated heterocycles. The third-order valence-corrected chi connectivity index (χ3v) is 6.37. The molecule has 0 aliphatic rings. The Hall–Kier alpha value is -3.27. The van der Waals surface area contributed by atoms with Gasteiger partial charge in [-0.25, -0.2) is 4.79 Å². The summed E-state index contributed by atoms with van der Waals surface area (Å²) in [5.41, 5.74) is 0.868. The van der Waals surface area contributed by atoms with E-state index in [-0.39, 0.29) is 22.0 Å². The van der Waals surface area contributed by atoms with Crippen LogP contribution < -0.4 is 19.5 Å². The van der Waals surface area contributed by atoms with Gasteiger partial charge in [0, 0.05) is 18.7 Å². The molecular formula is C25H34N2O7S. The lowest BCUT2D eigenvalue weighted by Crippen LogP contribution is -2.30. The molecule has 192 valence electrons. The van der Waals surface area contributed by atoms with E-state index in [1.54, 1.807) is 24.0 Å². The number of hydrogen-bond acceptors (Lipinski definition) is 8. The standard InChI is InChI=1S/C25H34N2O7S/c1-8-27(9-2)24(29)21-15(6)19(25(30)31-7)23(35-21)26-22(28)16-13-17(32-10-3)20(34-12-5)18(14-16)33-11-4/h13-14H,8-12H2,1-7H3,(H,26,28). The van der Waals surface area contributed by atoms with Crippen molar-refractivity contribution in [2.24, 2.45) is 0 Å². The van der Waals surface area contributed by atoms with Crippen molar-refractivity contribution in [2.45, 2.75) is 41.5 Å². The topological polar surface area (TPSA) is 103 Å². The zero-order valence-electron chi connectivity index (χ0n) is 21.4. The Bertz CT molecular complexity index is 1030. The lowest BCUT2D eigenvalue weighted by atomic mass is 10.1. The Morgan fingerprint density at radius 1 is 0.914 bits per heavy atom. The van der Waals surface area contributed by atoms with E-state index in [1.165, 1.54) is 7.11 Å². The monoisotopic (exact) mass is 506 g/mol. The van der Waals surface area contributed by atoms with E-state index in [4.69, 9.17) is 18.9 Å². The zero-order valence-corrected chi connectivity index (χ0v) is 22.2. The number of esters is 1. The van der Waals surface area contributed by atoms with Crippen molar-refractivity contribution in [3.05, 3.63) is 33.7 Å². The van der Waals surface area contributed by atoms with Crippen LogP contribution >= 0.6 is 11.3 Å². The number of rotatable bonds is 12. The number of carbonyl (C=O) groups is 3. The smallest absolute Gasteiger partial charge is 0.341 e. The minimum absolute atomic E-state index is 0.155. The summed E-state index contributed by atoms with van der Waals surface area (Å²) in [6.07, 6.45) is 0. The van der Waals surface area contributed by atoms with Crippen LogP contribution in [0.4, 0.5) is 5.00 Å². The molecule has 0 aliphatic carbocycles. The van der Waals surface area contributed by atoms with Crippen molar-refractivity contribution >= 4 is 34.1 Å². The van der Waals surface area contributed by atoms with Crippen molar-refractivity contribution in [3.63, 3.8) is 0 Å². The largest absolute Gasteiger partial charge is 0.490 e. The van der Waals surface area contributed by atoms with Gasteiger partial charge in [0.25, 0.3) is 11.8 Å². The molecule has 10 heteroatoms. The number of amides is 2. The van der Waals surface area contributed by atoms with Crippen molar-refractivity contribution in [2.75, 3.05) is 45.3 Å². The number of nitrogens with one attached hydrogen (secondary N) is 1. The fourth-order valence-corrected chi connectivity index (χ4v) is 4.66. The lowest BCUT2D eigenvalue weighted by molar-refractivity contribution is 0.0601. The van der Waals surface area contributed by atoms with Crippen LogP contribution in [-0.4, -0.2) is 62.7 Å². The molecule has 0 atom stereocenters. The highest BCUT2D eigenvalue weighted by Gasteiger charge is 2.28. The summed E-state index contributed by atoms with van der Waals surface area (Å²) in [5, 5.41) is 3.02. The van der Waals surface area contributed by atoms with Gasteiger partial charge in [-0.2, -0.15) is 0 Å². The van der Waals surface area contributed by atoms with Gasteiger partial charge < -0.3 is 29.2 Å². The molecule has 0 unspecified atom stereocenters. The van der Waals surface area contributed by atoms with E-state index in [9.17, 15) is 14.4 Å². The first-order valence-electron chi connectivity index (χ1n) is 11.7. The van der Waals surface area contributed by atoms with Gasteiger partial charge >= 0.3 is 5.97 Å². The Labute approximate surface area is 210 Å². The summed E-state index contributed by atoms with van der Waals surface area (Å²) in [6.45, 7) is 13.1. The fourth-order valence-electron chi connectivity index (χ4n) is 3.50. The van der Waals surface area contributed by atoms with Crippen molar-refractivity contribution in [1.82, 2.24) is 4.90 Å². The maximum absolute atomic E-state index is 13.3. The summed E-state index contributed by atoms with van der Waals surface area (Å²) in [6, 6.07) is 3.12. The number of methoxy groups -OCH3 is 1. The highest BCUT2D eigenvalue weighted by molar-refractivity contribution is 7.18. The molecule has 0 aliphatic heterocycles. The highest BCUT2D eigenvalue weighted by Crippen LogP contribution is 2.40. The second-order valence-electron chi connectivity index (χ2n) is 7.28. The number of nitrogens with zero attached hydrogens (tertiary/aromatic N) is 1. The number of carbonyl (C=O) groups excluding carboxylic acids is 3. The normalized spacial score (nSPS) is 10.5. The van der Waals surface area contributed by atoms with Gasteiger partial charge in [0.2, 0.25) is 5.75 Å². The van der Waals surface area contributed by atoms with Crippen LogP contribution in [0.1, 0.15) is 70.6 Å². The summed E-state index contributed by atoms with van der Waals surface area (Å²) in [7, 11) is 1.26. The minimum atomic E-state index is -0.635. The van der Waals surface area contributed by atoms with Gasteiger partial charge in [-0.3, -0.25) is 9.59 Å². The number of anilines is 1. The maximum atomic E-state index is 13.3. The number of hydrogen-bond donors (Lipinski definition) is 1. The number of thiophene rings is 1. The molecule has 2 aromatic rings. The molecule has 2 amide bonds. The number of ether oxygens (including phenoxy) is 4. The second-order valence-corrected chi connectivity index (χ2v) is 8.30. The molecule has 1 aromatic heterocycles. The molecule has 35 heavy (non-hydrogen) atoms. The Morgan fingerprint density at radius 3 is 1.91 bits per heavy atom. The SMILES string of the molecule is CCOc1cc(C(=O)Nc2sc(C(=O)N(CC)CC)c(C)c2C(=O)OC)cc(OCC)c1OCC. The van der Waals surface area contributed by atoms with Crippen molar-refractivity contribution < 1.29 is 33.3 Å². The molecule has 9 nitrogen and oxygen atoms in total. The van der Waals surface area contributed by atoms with Gasteiger partial charge in [0.05, 0.1) is 37.4 Å². The van der Waals surface area contributed by atoms with Crippen molar-refractivity contribution in [3.8, 4) is 17.2 Å². The van der Waals surface area contributed by atoms with E-state index < -0.39 is 11.9 Å². The first kappa shape index (κ1) is 28.0. The number of benzene rings is 1. The first-order valence-corrected chi connectivity index (χ1v) is 12.5. The van der Waals surface area contributed by atoms with Crippen molar-refractivity contribution in [1.29, 1.82) is 0 Å². The molecular weight excluding hydrogens is 472 g/mol. The third kappa shape index (κ3) is 6.25.